The Kier molecular flexibility index (Phi) is 3.51. The van der Waals surface area contributed by atoms with Crippen LogP contribution in [0.25, 0.3) is 0 Å². The van der Waals surface area contributed by atoms with E-state index in [1.54, 1.807) is 0 Å². The van der Waals surface area contributed by atoms with E-state index in [2.05, 4.69) is 4.74 Å². The van der Waals surface area contributed by atoms with Gasteiger partial charge in [0.1, 0.15) is 10.7 Å². The Labute approximate surface area is 96.0 Å². The van der Waals surface area contributed by atoms with Crippen molar-refractivity contribution in [3.8, 4) is 0 Å². The molecule has 0 bridgehead atoms. The molecule has 0 unspecified atom stereocenters. The standard InChI is InChI=1S/C8H7ClFNO4S/c1-15-8(12)4-2-7(16(11,13)14)6(10)3-5(4)9/h2-3H,1H3,(H2,11,13,14). The molecule has 0 heterocycles. The Morgan fingerprint density at radius 1 is 1.50 bits per heavy atom. The van der Waals surface area contributed by atoms with Crippen molar-refractivity contribution in [1.82, 2.24) is 0 Å². The number of ether oxygens (including phenoxy) is 1. The van der Waals surface area contributed by atoms with Gasteiger partial charge < -0.3 is 4.74 Å². The number of carbonyl (C=O) groups excluding carboxylic acids is 1. The first kappa shape index (κ1) is 12.9. The molecule has 8 heteroatoms. The van der Waals surface area contributed by atoms with E-state index in [0.717, 1.165) is 13.2 Å². The molecular weight excluding hydrogens is 261 g/mol. The largest absolute Gasteiger partial charge is 0.465 e. The Bertz CT molecular complexity index is 543. The highest BCUT2D eigenvalue weighted by molar-refractivity contribution is 7.89. The highest BCUT2D eigenvalue weighted by atomic mass is 35.5. The maximum atomic E-state index is 13.2. The third kappa shape index (κ3) is 2.49. The van der Waals surface area contributed by atoms with Gasteiger partial charge in [-0.2, -0.15) is 0 Å². The number of nitrogens with two attached hydrogens (primary N) is 1. The highest BCUT2D eigenvalue weighted by Gasteiger charge is 2.20. The fourth-order valence-electron chi connectivity index (χ4n) is 1.01. The Morgan fingerprint density at radius 2 is 2.06 bits per heavy atom. The summed E-state index contributed by atoms with van der Waals surface area (Å²) < 4.78 is 39.5. The molecule has 1 aromatic carbocycles. The average Bonchev–Trinajstić information content (AvgIpc) is 2.14. The van der Waals surface area contributed by atoms with Crippen molar-refractivity contribution in [2.24, 2.45) is 5.14 Å². The predicted molar refractivity (Wildman–Crippen MR) is 54.1 cm³/mol. The Hall–Kier alpha value is -1.18. The van der Waals surface area contributed by atoms with Crippen LogP contribution in [0.5, 0.6) is 0 Å². The molecule has 0 saturated heterocycles. The number of methoxy groups -OCH3 is 1. The van der Waals surface area contributed by atoms with Gasteiger partial charge in [0.15, 0.2) is 0 Å². The smallest absolute Gasteiger partial charge is 0.339 e. The number of hydrogen-bond acceptors (Lipinski definition) is 4. The summed E-state index contributed by atoms with van der Waals surface area (Å²) in [6.45, 7) is 0. The molecule has 0 radical (unpaired) electrons. The van der Waals surface area contributed by atoms with Crippen LogP contribution in [0.2, 0.25) is 5.02 Å². The van der Waals surface area contributed by atoms with Gasteiger partial charge in [-0.25, -0.2) is 22.7 Å². The van der Waals surface area contributed by atoms with E-state index in [0.29, 0.717) is 6.07 Å². The van der Waals surface area contributed by atoms with Gasteiger partial charge in [0.2, 0.25) is 10.0 Å². The molecule has 0 amide bonds. The van der Waals surface area contributed by atoms with Crippen molar-refractivity contribution in [3.05, 3.63) is 28.5 Å². The monoisotopic (exact) mass is 267 g/mol. The second-order valence-electron chi connectivity index (χ2n) is 2.80. The highest BCUT2D eigenvalue weighted by Crippen LogP contribution is 2.23. The molecule has 2 N–H and O–H groups in total. The molecule has 88 valence electrons. The van der Waals surface area contributed by atoms with Gasteiger partial charge in [-0.3, -0.25) is 0 Å². The zero-order valence-electron chi connectivity index (χ0n) is 8.03. The molecule has 16 heavy (non-hydrogen) atoms. The minimum Gasteiger partial charge on any atom is -0.465 e. The van der Waals surface area contributed by atoms with Crippen LogP contribution in [0.4, 0.5) is 4.39 Å². The van der Waals surface area contributed by atoms with Crippen LogP contribution >= 0.6 is 11.6 Å². The van der Waals surface area contributed by atoms with Crippen molar-refractivity contribution in [3.63, 3.8) is 0 Å². The zero-order chi connectivity index (χ0) is 12.5. The zero-order valence-corrected chi connectivity index (χ0v) is 9.60. The predicted octanol–water partition coefficient (Wildman–Crippen LogP) is 0.913. The second kappa shape index (κ2) is 4.36. The van der Waals surface area contributed by atoms with Gasteiger partial charge in [0.05, 0.1) is 17.7 Å². The minimum absolute atomic E-state index is 0.253. The van der Waals surface area contributed by atoms with E-state index < -0.39 is 26.7 Å². The lowest BCUT2D eigenvalue weighted by Gasteiger charge is -2.05. The summed E-state index contributed by atoms with van der Waals surface area (Å²) in [4.78, 5) is 10.4. The molecule has 0 aliphatic rings. The van der Waals surface area contributed by atoms with Gasteiger partial charge in [-0.15, -0.1) is 0 Å². The quantitative estimate of drug-likeness (QED) is 0.807. The number of benzene rings is 1. The SMILES string of the molecule is COC(=O)c1cc(S(N)(=O)=O)c(F)cc1Cl. The number of sulfonamides is 1. The molecule has 1 rings (SSSR count). The summed E-state index contributed by atoms with van der Waals surface area (Å²) in [7, 11) is -3.17. The molecule has 5 nitrogen and oxygen atoms in total. The minimum atomic E-state index is -4.26. The summed E-state index contributed by atoms with van der Waals surface area (Å²) in [6, 6.07) is 1.42. The van der Waals surface area contributed by atoms with Gasteiger partial charge in [-0.1, -0.05) is 11.6 Å². The van der Waals surface area contributed by atoms with Crippen LogP contribution < -0.4 is 5.14 Å². The molecule has 0 atom stereocenters. The number of carbonyl (C=O) groups is 1. The number of halogens is 2. The summed E-state index contributed by atoms with van der Waals surface area (Å²) in [5.74, 6) is -2.00. The molecule has 1 aromatic rings. The fraction of sp³-hybridized carbons (Fsp3) is 0.125. The summed E-state index contributed by atoms with van der Waals surface area (Å²) in [5, 5.41) is 4.50. The normalized spacial score (nSPS) is 11.2. The lowest BCUT2D eigenvalue weighted by atomic mass is 10.2. The van der Waals surface area contributed by atoms with Crippen molar-refractivity contribution in [1.29, 1.82) is 0 Å². The van der Waals surface area contributed by atoms with Crippen LogP contribution in [-0.2, 0) is 14.8 Å². The molecular formula is C8H7ClFNO4S. The topological polar surface area (TPSA) is 86.5 Å². The first-order valence-corrected chi connectivity index (χ1v) is 5.80. The molecule has 0 spiro atoms. The van der Waals surface area contributed by atoms with E-state index in [1.807, 2.05) is 0 Å². The maximum absolute atomic E-state index is 13.2. The molecule has 0 aromatic heterocycles. The van der Waals surface area contributed by atoms with Crippen LogP contribution in [0.1, 0.15) is 10.4 Å². The lowest BCUT2D eigenvalue weighted by molar-refractivity contribution is 0.0600. The van der Waals surface area contributed by atoms with Gasteiger partial charge >= 0.3 is 5.97 Å². The van der Waals surface area contributed by atoms with Crippen molar-refractivity contribution in [2.45, 2.75) is 4.90 Å². The number of hydrogen-bond donors (Lipinski definition) is 1. The maximum Gasteiger partial charge on any atom is 0.339 e. The van der Waals surface area contributed by atoms with Crippen molar-refractivity contribution >= 4 is 27.6 Å². The number of esters is 1. The van der Waals surface area contributed by atoms with E-state index >= 15 is 0 Å². The first-order chi connectivity index (χ1) is 7.27. The number of primary sulfonamides is 1. The molecule has 0 aliphatic carbocycles. The second-order valence-corrected chi connectivity index (χ2v) is 4.74. The van der Waals surface area contributed by atoms with Crippen molar-refractivity contribution in [2.75, 3.05) is 7.11 Å². The summed E-state index contributed by atoms with van der Waals surface area (Å²) >= 11 is 5.55. The van der Waals surface area contributed by atoms with E-state index in [4.69, 9.17) is 16.7 Å². The van der Waals surface area contributed by atoms with Crippen molar-refractivity contribution < 1.29 is 22.3 Å². The third-order valence-corrected chi connectivity index (χ3v) is 2.97. The van der Waals surface area contributed by atoms with E-state index in [-0.39, 0.29) is 10.6 Å². The van der Waals surface area contributed by atoms with Crippen LogP contribution in [0.15, 0.2) is 17.0 Å². The lowest BCUT2D eigenvalue weighted by Crippen LogP contribution is -2.15. The van der Waals surface area contributed by atoms with Gasteiger partial charge in [0, 0.05) is 0 Å². The Morgan fingerprint density at radius 3 is 2.50 bits per heavy atom. The van der Waals surface area contributed by atoms with Crippen LogP contribution in [0.3, 0.4) is 0 Å². The molecule has 0 saturated carbocycles. The van der Waals surface area contributed by atoms with Gasteiger partial charge in [0.25, 0.3) is 0 Å². The van der Waals surface area contributed by atoms with E-state index in [9.17, 15) is 17.6 Å². The van der Waals surface area contributed by atoms with Crippen LogP contribution in [0, 0.1) is 5.82 Å². The molecule has 0 fully saturated rings. The summed E-state index contributed by atoms with van der Waals surface area (Å²) in [5.41, 5.74) is -0.269. The van der Waals surface area contributed by atoms with Gasteiger partial charge in [-0.05, 0) is 12.1 Å². The summed E-state index contributed by atoms with van der Waals surface area (Å²) in [6.07, 6.45) is 0. The Balaban J connectivity index is 3.51. The average molecular weight is 268 g/mol. The fourth-order valence-corrected chi connectivity index (χ4v) is 1.85. The van der Waals surface area contributed by atoms with E-state index in [1.165, 1.54) is 0 Å². The van der Waals surface area contributed by atoms with Crippen LogP contribution in [-0.4, -0.2) is 21.5 Å². The first-order valence-electron chi connectivity index (χ1n) is 3.87. The third-order valence-electron chi connectivity index (χ3n) is 1.73. The molecule has 0 aliphatic heterocycles. The number of rotatable bonds is 2.